The molecule has 0 aliphatic heterocycles. The minimum atomic E-state index is 1.14. The summed E-state index contributed by atoms with van der Waals surface area (Å²) in [6.45, 7) is 2.12. The van der Waals surface area contributed by atoms with Crippen LogP contribution < -0.4 is 4.90 Å². The zero-order valence-electron chi connectivity index (χ0n) is 20.3. The summed E-state index contributed by atoms with van der Waals surface area (Å²) in [5.74, 6) is 0. The molecule has 0 spiro atoms. The average Bonchev–Trinajstić information content (AvgIpc) is 2.93. The van der Waals surface area contributed by atoms with Gasteiger partial charge in [-0.05, 0) is 94.2 Å². The van der Waals surface area contributed by atoms with E-state index in [1.165, 1.54) is 38.2 Å². The maximum absolute atomic E-state index is 2.29. The zero-order chi connectivity index (χ0) is 24.3. The molecule has 0 radical (unpaired) electrons. The lowest BCUT2D eigenvalue weighted by Gasteiger charge is -2.25. The molecule has 0 aliphatic carbocycles. The van der Waals surface area contributed by atoms with E-state index in [9.17, 15) is 0 Å². The number of aryl methyl sites for hydroxylation is 1. The van der Waals surface area contributed by atoms with Gasteiger partial charge < -0.3 is 4.90 Å². The standard InChI is InChI=1S/C35H27N/c1-26-11-19-34(20-12-26)36(33-9-3-2-4-10-33)35-21-16-27(17-22-35)13-14-28-15-18-31-24-29-7-5-6-8-30(29)25-32(31)23-28/h2-25H,1H3. The number of para-hydroxylation sites is 1. The van der Waals surface area contributed by atoms with E-state index in [2.05, 4.69) is 157 Å². The lowest BCUT2D eigenvalue weighted by molar-refractivity contribution is 1.27. The second kappa shape index (κ2) is 9.56. The Kier molecular flexibility index (Phi) is 5.81. The monoisotopic (exact) mass is 461 g/mol. The Hall–Kier alpha value is -4.62. The molecule has 172 valence electrons. The third-order valence-electron chi connectivity index (χ3n) is 6.65. The van der Waals surface area contributed by atoms with Crippen molar-refractivity contribution in [1.82, 2.24) is 0 Å². The summed E-state index contributed by atoms with van der Waals surface area (Å²) in [6, 6.07) is 47.7. The fourth-order valence-corrected chi connectivity index (χ4v) is 4.71. The van der Waals surface area contributed by atoms with Gasteiger partial charge in [0.25, 0.3) is 0 Å². The van der Waals surface area contributed by atoms with E-state index in [0.29, 0.717) is 0 Å². The molecule has 1 heteroatoms. The van der Waals surface area contributed by atoms with Crippen LogP contribution in [-0.2, 0) is 0 Å². The maximum atomic E-state index is 2.29. The van der Waals surface area contributed by atoms with Crippen molar-refractivity contribution in [2.45, 2.75) is 6.92 Å². The molecule has 0 aromatic heterocycles. The third kappa shape index (κ3) is 4.52. The highest BCUT2D eigenvalue weighted by Crippen LogP contribution is 2.34. The van der Waals surface area contributed by atoms with E-state index in [0.717, 1.165) is 17.1 Å². The lowest BCUT2D eigenvalue weighted by atomic mass is 10.0. The quantitative estimate of drug-likeness (QED) is 0.182. The van der Waals surface area contributed by atoms with Gasteiger partial charge in [0.15, 0.2) is 0 Å². The average molecular weight is 462 g/mol. The van der Waals surface area contributed by atoms with Gasteiger partial charge in [-0.2, -0.15) is 0 Å². The van der Waals surface area contributed by atoms with E-state index in [1.54, 1.807) is 0 Å². The Morgan fingerprint density at radius 3 is 1.61 bits per heavy atom. The predicted octanol–water partition coefficient (Wildman–Crippen LogP) is 9.94. The SMILES string of the molecule is Cc1ccc(N(c2ccccc2)c2ccc(C=Cc3ccc4cc5ccccc5cc4c3)cc2)cc1. The number of rotatable bonds is 5. The Bertz CT molecular complexity index is 1660. The molecule has 0 saturated heterocycles. The molecule has 0 bridgehead atoms. The van der Waals surface area contributed by atoms with Gasteiger partial charge in [0.1, 0.15) is 0 Å². The largest absolute Gasteiger partial charge is 0.311 e. The van der Waals surface area contributed by atoms with Crippen LogP contribution in [0.1, 0.15) is 16.7 Å². The molecule has 36 heavy (non-hydrogen) atoms. The Morgan fingerprint density at radius 2 is 0.917 bits per heavy atom. The molecule has 0 N–H and O–H groups in total. The Morgan fingerprint density at radius 1 is 0.417 bits per heavy atom. The number of fused-ring (bicyclic) bond motifs is 2. The van der Waals surface area contributed by atoms with Crippen LogP contribution in [0.25, 0.3) is 33.7 Å². The second-order valence-electron chi connectivity index (χ2n) is 9.24. The van der Waals surface area contributed by atoms with Crippen LogP contribution in [0.3, 0.4) is 0 Å². The first-order chi connectivity index (χ1) is 17.7. The predicted molar refractivity (Wildman–Crippen MR) is 156 cm³/mol. The molecule has 0 amide bonds. The summed E-state index contributed by atoms with van der Waals surface area (Å²) >= 11 is 0. The number of hydrogen-bond acceptors (Lipinski definition) is 1. The lowest BCUT2D eigenvalue weighted by Crippen LogP contribution is -2.09. The van der Waals surface area contributed by atoms with Crippen molar-refractivity contribution >= 4 is 50.8 Å². The Labute approximate surface area is 212 Å². The molecular formula is C35H27N. The van der Waals surface area contributed by atoms with E-state index in [4.69, 9.17) is 0 Å². The van der Waals surface area contributed by atoms with Crippen LogP contribution in [0, 0.1) is 6.92 Å². The van der Waals surface area contributed by atoms with Gasteiger partial charge in [-0.25, -0.2) is 0 Å². The van der Waals surface area contributed by atoms with Crippen molar-refractivity contribution in [1.29, 1.82) is 0 Å². The molecule has 6 aromatic rings. The molecule has 1 nitrogen and oxygen atoms in total. The fraction of sp³-hybridized carbons (Fsp3) is 0.0286. The fourth-order valence-electron chi connectivity index (χ4n) is 4.71. The summed E-state index contributed by atoms with van der Waals surface area (Å²) < 4.78 is 0. The van der Waals surface area contributed by atoms with Crippen LogP contribution in [0.2, 0.25) is 0 Å². The first-order valence-electron chi connectivity index (χ1n) is 12.4. The van der Waals surface area contributed by atoms with Crippen molar-refractivity contribution in [2.75, 3.05) is 4.90 Å². The Balaban J connectivity index is 1.28. The summed E-state index contributed by atoms with van der Waals surface area (Å²) in [5, 5.41) is 5.09. The smallest absolute Gasteiger partial charge is 0.0462 e. The topological polar surface area (TPSA) is 3.24 Å². The van der Waals surface area contributed by atoms with Gasteiger partial charge in [0, 0.05) is 17.1 Å². The van der Waals surface area contributed by atoms with E-state index >= 15 is 0 Å². The van der Waals surface area contributed by atoms with Gasteiger partial charge in [0.2, 0.25) is 0 Å². The van der Waals surface area contributed by atoms with Crippen molar-refractivity contribution in [2.24, 2.45) is 0 Å². The number of hydrogen-bond donors (Lipinski definition) is 0. The van der Waals surface area contributed by atoms with E-state index < -0.39 is 0 Å². The van der Waals surface area contributed by atoms with Gasteiger partial charge >= 0.3 is 0 Å². The number of benzene rings is 6. The third-order valence-corrected chi connectivity index (χ3v) is 6.65. The van der Waals surface area contributed by atoms with Gasteiger partial charge in [-0.3, -0.25) is 0 Å². The number of nitrogens with zero attached hydrogens (tertiary/aromatic N) is 1. The van der Waals surface area contributed by atoms with Gasteiger partial charge in [-0.1, -0.05) is 96.6 Å². The molecule has 6 rings (SSSR count). The summed E-state index contributed by atoms with van der Waals surface area (Å²) in [6.07, 6.45) is 4.38. The maximum Gasteiger partial charge on any atom is 0.0462 e. The second-order valence-corrected chi connectivity index (χ2v) is 9.24. The molecular weight excluding hydrogens is 434 g/mol. The van der Waals surface area contributed by atoms with Crippen molar-refractivity contribution in [3.8, 4) is 0 Å². The van der Waals surface area contributed by atoms with Crippen LogP contribution in [0.4, 0.5) is 17.1 Å². The van der Waals surface area contributed by atoms with Crippen molar-refractivity contribution < 1.29 is 0 Å². The summed E-state index contributed by atoms with van der Waals surface area (Å²) in [5.41, 5.74) is 7.07. The highest BCUT2D eigenvalue weighted by molar-refractivity contribution is 5.99. The molecule has 0 aliphatic rings. The normalized spacial score (nSPS) is 11.4. The zero-order valence-corrected chi connectivity index (χ0v) is 20.3. The minimum absolute atomic E-state index is 1.14. The highest BCUT2D eigenvalue weighted by Gasteiger charge is 2.11. The van der Waals surface area contributed by atoms with Crippen LogP contribution >= 0.6 is 0 Å². The van der Waals surface area contributed by atoms with Crippen molar-refractivity contribution in [3.05, 3.63) is 150 Å². The molecule has 0 saturated carbocycles. The van der Waals surface area contributed by atoms with Crippen LogP contribution in [0.5, 0.6) is 0 Å². The highest BCUT2D eigenvalue weighted by atomic mass is 15.1. The van der Waals surface area contributed by atoms with E-state index in [-0.39, 0.29) is 0 Å². The van der Waals surface area contributed by atoms with Crippen molar-refractivity contribution in [3.63, 3.8) is 0 Å². The van der Waals surface area contributed by atoms with Crippen LogP contribution in [-0.4, -0.2) is 0 Å². The molecule has 0 unspecified atom stereocenters. The number of anilines is 3. The summed E-state index contributed by atoms with van der Waals surface area (Å²) in [4.78, 5) is 2.29. The molecule has 0 atom stereocenters. The van der Waals surface area contributed by atoms with Gasteiger partial charge in [0.05, 0.1) is 0 Å². The molecule has 6 aromatic carbocycles. The minimum Gasteiger partial charge on any atom is -0.311 e. The molecule has 0 fully saturated rings. The first kappa shape index (κ1) is 21.9. The summed E-state index contributed by atoms with van der Waals surface area (Å²) in [7, 11) is 0. The molecule has 0 heterocycles. The first-order valence-corrected chi connectivity index (χ1v) is 12.4. The van der Waals surface area contributed by atoms with Crippen LogP contribution in [0.15, 0.2) is 133 Å². The van der Waals surface area contributed by atoms with Gasteiger partial charge in [-0.15, -0.1) is 0 Å². The van der Waals surface area contributed by atoms with E-state index in [1.807, 2.05) is 0 Å².